The lowest BCUT2D eigenvalue weighted by Crippen LogP contribution is -2.43. The normalized spacial score (nSPS) is 19.0. The summed E-state index contributed by atoms with van der Waals surface area (Å²) < 4.78 is 13.2. The molecule has 1 unspecified atom stereocenters. The topological polar surface area (TPSA) is 63.4 Å². The lowest BCUT2D eigenvalue weighted by atomic mass is 10.1. The highest BCUT2D eigenvalue weighted by Crippen LogP contribution is 2.22. The van der Waals surface area contributed by atoms with E-state index >= 15 is 0 Å². The molecule has 96 valence electrons. The first-order chi connectivity index (χ1) is 8.49. The Balaban J connectivity index is 2.28. The molecule has 4 nitrogen and oxygen atoms in total. The van der Waals surface area contributed by atoms with Crippen LogP contribution < -0.4 is 5.73 Å². The van der Waals surface area contributed by atoms with Crippen molar-refractivity contribution in [2.75, 3.05) is 6.54 Å². The summed E-state index contributed by atoms with van der Waals surface area (Å²) in [6.45, 7) is 0.445. The van der Waals surface area contributed by atoms with Crippen LogP contribution in [-0.2, 0) is 4.79 Å². The van der Waals surface area contributed by atoms with E-state index in [1.807, 2.05) is 0 Å². The number of nitrogens with two attached hydrogens (primary N) is 1. The number of nitrogens with zero attached hydrogens (tertiary/aromatic N) is 1. The maximum absolute atomic E-state index is 13.2. The van der Waals surface area contributed by atoms with Crippen LogP contribution in [0.2, 0.25) is 5.02 Å². The maximum Gasteiger partial charge on any atom is 0.254 e. The quantitative estimate of drug-likeness (QED) is 0.887. The molecular weight excluding hydrogens is 259 g/mol. The van der Waals surface area contributed by atoms with Crippen LogP contribution in [0.15, 0.2) is 18.2 Å². The summed E-state index contributed by atoms with van der Waals surface area (Å²) in [5.74, 6) is -1.54. The van der Waals surface area contributed by atoms with Gasteiger partial charge < -0.3 is 10.6 Å². The summed E-state index contributed by atoms with van der Waals surface area (Å²) in [5.41, 5.74) is 5.36. The van der Waals surface area contributed by atoms with Gasteiger partial charge in [-0.05, 0) is 31.0 Å². The van der Waals surface area contributed by atoms with Crippen LogP contribution >= 0.6 is 11.6 Å². The van der Waals surface area contributed by atoms with E-state index < -0.39 is 23.7 Å². The third kappa shape index (κ3) is 2.46. The zero-order valence-corrected chi connectivity index (χ0v) is 10.3. The Hall–Kier alpha value is -1.62. The molecule has 0 radical (unpaired) electrons. The second-order valence-corrected chi connectivity index (χ2v) is 4.65. The van der Waals surface area contributed by atoms with E-state index in [2.05, 4.69) is 0 Å². The first-order valence-electron chi connectivity index (χ1n) is 5.55. The number of hydrogen-bond acceptors (Lipinski definition) is 2. The van der Waals surface area contributed by atoms with Gasteiger partial charge in [0, 0.05) is 17.1 Å². The SMILES string of the molecule is NC(=O)C1CCCN1C(=O)c1cc(F)cc(Cl)c1. The van der Waals surface area contributed by atoms with Crippen LogP contribution in [0, 0.1) is 5.82 Å². The summed E-state index contributed by atoms with van der Waals surface area (Å²) in [4.78, 5) is 24.7. The zero-order valence-electron chi connectivity index (χ0n) is 9.53. The molecule has 0 aromatic heterocycles. The molecule has 1 heterocycles. The molecule has 1 atom stereocenters. The third-order valence-corrected chi connectivity index (χ3v) is 3.17. The minimum absolute atomic E-state index is 0.133. The molecule has 0 saturated carbocycles. The minimum Gasteiger partial charge on any atom is -0.368 e. The molecule has 18 heavy (non-hydrogen) atoms. The highest BCUT2D eigenvalue weighted by molar-refractivity contribution is 6.31. The van der Waals surface area contributed by atoms with Crippen LogP contribution in [0.1, 0.15) is 23.2 Å². The van der Waals surface area contributed by atoms with Crippen molar-refractivity contribution in [2.24, 2.45) is 5.73 Å². The molecule has 0 aliphatic carbocycles. The lowest BCUT2D eigenvalue weighted by Gasteiger charge is -2.22. The Bertz CT molecular complexity index is 487. The predicted octanol–water partition coefficient (Wildman–Crippen LogP) is 1.57. The molecular formula is C12H12ClFN2O2. The van der Waals surface area contributed by atoms with Crippen molar-refractivity contribution >= 4 is 23.4 Å². The first kappa shape index (κ1) is 12.8. The number of amides is 2. The standard InChI is InChI=1S/C12H12ClFN2O2/c13-8-4-7(5-9(14)6-8)12(18)16-3-1-2-10(16)11(15)17/h4-6,10H,1-3H2,(H2,15,17). The summed E-state index contributed by atoms with van der Waals surface area (Å²) in [6, 6.07) is 2.99. The van der Waals surface area contributed by atoms with Crippen molar-refractivity contribution in [3.63, 3.8) is 0 Å². The van der Waals surface area contributed by atoms with Gasteiger partial charge in [0.25, 0.3) is 5.91 Å². The minimum atomic E-state index is -0.612. The van der Waals surface area contributed by atoms with Gasteiger partial charge in [-0.15, -0.1) is 0 Å². The van der Waals surface area contributed by atoms with Crippen LogP contribution in [0.3, 0.4) is 0 Å². The number of hydrogen-bond donors (Lipinski definition) is 1. The van der Waals surface area contributed by atoms with Gasteiger partial charge in [0.05, 0.1) is 0 Å². The third-order valence-electron chi connectivity index (χ3n) is 2.95. The maximum atomic E-state index is 13.2. The fourth-order valence-corrected chi connectivity index (χ4v) is 2.37. The Morgan fingerprint density at radius 2 is 2.11 bits per heavy atom. The van der Waals surface area contributed by atoms with Crippen LogP contribution in [0.4, 0.5) is 4.39 Å². The number of likely N-dealkylation sites (tertiary alicyclic amines) is 1. The fraction of sp³-hybridized carbons (Fsp3) is 0.333. The molecule has 2 N–H and O–H groups in total. The molecule has 0 bridgehead atoms. The van der Waals surface area contributed by atoms with Gasteiger partial charge in [-0.1, -0.05) is 11.6 Å². The summed E-state index contributed by atoms with van der Waals surface area (Å²) in [5, 5.41) is 0.146. The van der Waals surface area contributed by atoms with Crippen molar-refractivity contribution in [3.8, 4) is 0 Å². The van der Waals surface area contributed by atoms with E-state index in [4.69, 9.17) is 17.3 Å². The van der Waals surface area contributed by atoms with Crippen LogP contribution in [0.5, 0.6) is 0 Å². The molecule has 1 aliphatic heterocycles. The van der Waals surface area contributed by atoms with Gasteiger partial charge in [-0.2, -0.15) is 0 Å². The average Bonchev–Trinajstić information content (AvgIpc) is 2.75. The second kappa shape index (κ2) is 4.94. The molecule has 0 spiro atoms. The number of primary amides is 1. The first-order valence-corrected chi connectivity index (χ1v) is 5.93. The monoisotopic (exact) mass is 270 g/mol. The molecule has 1 aliphatic rings. The summed E-state index contributed by atoms with van der Waals surface area (Å²) in [6.07, 6.45) is 1.26. The Kier molecular flexibility index (Phi) is 3.52. The Labute approximate surface area is 109 Å². The fourth-order valence-electron chi connectivity index (χ4n) is 2.15. The highest BCUT2D eigenvalue weighted by atomic mass is 35.5. The Morgan fingerprint density at radius 1 is 1.39 bits per heavy atom. The van der Waals surface area contributed by atoms with E-state index in [0.717, 1.165) is 12.1 Å². The average molecular weight is 271 g/mol. The number of halogens is 2. The molecule has 2 rings (SSSR count). The molecule has 1 aromatic carbocycles. The van der Waals surface area contributed by atoms with Gasteiger partial charge in [-0.25, -0.2) is 4.39 Å². The molecule has 6 heteroatoms. The Morgan fingerprint density at radius 3 is 2.72 bits per heavy atom. The predicted molar refractivity (Wildman–Crippen MR) is 64.7 cm³/mol. The van der Waals surface area contributed by atoms with Crippen molar-refractivity contribution in [3.05, 3.63) is 34.6 Å². The number of benzene rings is 1. The van der Waals surface area contributed by atoms with E-state index in [9.17, 15) is 14.0 Å². The van der Waals surface area contributed by atoms with Crippen LogP contribution in [0.25, 0.3) is 0 Å². The number of carbonyl (C=O) groups is 2. The largest absolute Gasteiger partial charge is 0.368 e. The molecule has 1 saturated heterocycles. The molecule has 1 aromatic rings. The van der Waals surface area contributed by atoms with E-state index in [1.165, 1.54) is 11.0 Å². The molecule has 1 fully saturated rings. The van der Waals surface area contributed by atoms with E-state index in [0.29, 0.717) is 19.4 Å². The number of rotatable bonds is 2. The number of carbonyl (C=O) groups excluding carboxylic acids is 2. The summed E-state index contributed by atoms with van der Waals surface area (Å²) >= 11 is 5.70. The lowest BCUT2D eigenvalue weighted by molar-refractivity contribution is -0.121. The van der Waals surface area contributed by atoms with Gasteiger partial charge in [-0.3, -0.25) is 9.59 Å². The van der Waals surface area contributed by atoms with Crippen molar-refractivity contribution in [1.29, 1.82) is 0 Å². The van der Waals surface area contributed by atoms with Gasteiger partial charge in [0.2, 0.25) is 5.91 Å². The van der Waals surface area contributed by atoms with Crippen molar-refractivity contribution in [1.82, 2.24) is 4.90 Å². The highest BCUT2D eigenvalue weighted by Gasteiger charge is 2.33. The van der Waals surface area contributed by atoms with Crippen LogP contribution in [-0.4, -0.2) is 29.3 Å². The van der Waals surface area contributed by atoms with Gasteiger partial charge in [0.1, 0.15) is 11.9 Å². The van der Waals surface area contributed by atoms with E-state index in [1.54, 1.807) is 0 Å². The van der Waals surface area contributed by atoms with Gasteiger partial charge in [0.15, 0.2) is 0 Å². The van der Waals surface area contributed by atoms with Crippen molar-refractivity contribution < 1.29 is 14.0 Å². The zero-order chi connectivity index (χ0) is 13.3. The van der Waals surface area contributed by atoms with Crippen molar-refractivity contribution in [2.45, 2.75) is 18.9 Å². The second-order valence-electron chi connectivity index (χ2n) is 4.22. The smallest absolute Gasteiger partial charge is 0.254 e. The van der Waals surface area contributed by atoms with E-state index in [-0.39, 0.29) is 10.6 Å². The van der Waals surface area contributed by atoms with Gasteiger partial charge >= 0.3 is 0 Å². The molecule has 2 amide bonds. The summed E-state index contributed by atoms with van der Waals surface area (Å²) in [7, 11) is 0.